The summed E-state index contributed by atoms with van der Waals surface area (Å²) in [5.74, 6) is -0.732. The van der Waals surface area contributed by atoms with E-state index in [-0.39, 0.29) is 30.9 Å². The Morgan fingerprint density at radius 1 is 1.28 bits per heavy atom. The molecule has 1 saturated heterocycles. The molecule has 4 nitrogen and oxygen atoms in total. The van der Waals surface area contributed by atoms with Crippen LogP contribution in [0.25, 0.3) is 0 Å². The molecule has 2 aliphatic rings. The van der Waals surface area contributed by atoms with Crippen molar-refractivity contribution in [1.82, 2.24) is 0 Å². The van der Waals surface area contributed by atoms with Crippen LogP contribution in [0, 0.1) is 12.8 Å². The number of benzene rings is 1. The first-order valence-corrected chi connectivity index (χ1v) is 6.95. The van der Waals surface area contributed by atoms with E-state index in [2.05, 4.69) is 0 Å². The van der Waals surface area contributed by atoms with Gasteiger partial charge in [0, 0.05) is 5.92 Å². The van der Waals surface area contributed by atoms with Gasteiger partial charge in [0.1, 0.15) is 0 Å². The van der Waals surface area contributed by atoms with Gasteiger partial charge in [0.25, 0.3) is 0 Å². The summed E-state index contributed by atoms with van der Waals surface area (Å²) in [6, 6.07) is 6.59. The molecule has 0 radical (unpaired) electrons. The van der Waals surface area contributed by atoms with E-state index in [0.717, 1.165) is 5.56 Å². The van der Waals surface area contributed by atoms with E-state index < -0.39 is 20.6 Å². The molecule has 1 aromatic rings. The first-order chi connectivity index (χ1) is 7.98. The summed E-state index contributed by atoms with van der Waals surface area (Å²) in [6.07, 6.45) is 0.405. The molecule has 98 valence electrons. The number of sulfone groups is 1. The van der Waals surface area contributed by atoms with Crippen LogP contribution in [0.5, 0.6) is 0 Å². The third-order valence-electron chi connectivity index (χ3n) is 3.62. The Hall–Kier alpha value is -1.01. The molecule has 1 heterocycles. The van der Waals surface area contributed by atoms with Crippen LogP contribution in [-0.2, 0) is 19.4 Å². The molecule has 0 bridgehead atoms. The number of esters is 1. The van der Waals surface area contributed by atoms with E-state index in [0.29, 0.717) is 6.42 Å². The fourth-order valence-corrected chi connectivity index (χ4v) is 4.54. The van der Waals surface area contributed by atoms with Gasteiger partial charge in [-0.05, 0) is 25.5 Å². The quantitative estimate of drug-likeness (QED) is 0.766. The van der Waals surface area contributed by atoms with Crippen molar-refractivity contribution in [3.63, 3.8) is 0 Å². The molecule has 1 aromatic carbocycles. The lowest BCUT2D eigenvalue weighted by Gasteiger charge is -2.11. The van der Waals surface area contributed by atoms with Gasteiger partial charge in [0.05, 0.1) is 11.5 Å². The lowest BCUT2D eigenvalue weighted by molar-refractivity contribution is -0.140. The summed E-state index contributed by atoms with van der Waals surface area (Å²) in [6.45, 7) is 2.13. The molecule has 1 aliphatic carbocycles. The molecule has 6 heteroatoms. The second-order valence-electron chi connectivity index (χ2n) is 4.71. The van der Waals surface area contributed by atoms with Crippen molar-refractivity contribution in [2.75, 3.05) is 6.61 Å². The molecule has 3 rings (SSSR count). The summed E-state index contributed by atoms with van der Waals surface area (Å²) in [5.41, 5.74) is 0.989. The van der Waals surface area contributed by atoms with Gasteiger partial charge in [0.2, 0.25) is 0 Å². The van der Waals surface area contributed by atoms with Crippen LogP contribution >= 0.6 is 13.5 Å². The molecule has 0 amide bonds. The van der Waals surface area contributed by atoms with Crippen molar-refractivity contribution in [3.8, 4) is 0 Å². The van der Waals surface area contributed by atoms with Gasteiger partial charge >= 0.3 is 5.97 Å². The zero-order chi connectivity index (χ0) is 12.3. The van der Waals surface area contributed by atoms with Gasteiger partial charge in [0.15, 0.2) is 14.6 Å². The van der Waals surface area contributed by atoms with E-state index in [4.69, 9.17) is 4.74 Å². The van der Waals surface area contributed by atoms with Crippen molar-refractivity contribution in [3.05, 3.63) is 29.8 Å². The monoisotopic (exact) mass is 286 g/mol. The fraction of sp³-hybridized carbons (Fsp3) is 0.417. The minimum absolute atomic E-state index is 0. The van der Waals surface area contributed by atoms with Crippen molar-refractivity contribution in [2.24, 2.45) is 5.92 Å². The zero-order valence-corrected chi connectivity index (χ0v) is 11.7. The number of hydrogen-bond acceptors (Lipinski definition) is 4. The predicted octanol–water partition coefficient (Wildman–Crippen LogP) is 1.20. The van der Waals surface area contributed by atoms with Crippen LogP contribution in [0.4, 0.5) is 0 Å². The number of carbonyl (C=O) groups excluding carboxylic acids is 1. The summed E-state index contributed by atoms with van der Waals surface area (Å²) >= 11 is 0. The molecule has 0 N–H and O–H groups in total. The van der Waals surface area contributed by atoms with Gasteiger partial charge in [-0.25, -0.2) is 8.42 Å². The normalized spacial score (nSPS) is 29.2. The average molecular weight is 286 g/mol. The molecule has 1 aliphatic heterocycles. The van der Waals surface area contributed by atoms with Crippen LogP contribution in [0.15, 0.2) is 29.2 Å². The average Bonchev–Trinajstić information content (AvgIpc) is 2.95. The number of aryl methyl sites for hydroxylation is 1. The van der Waals surface area contributed by atoms with Gasteiger partial charge < -0.3 is 4.74 Å². The SMILES string of the molecule is Cc1ccc(S(=O)(=O)[C@]23C[C@H]2COC3=O)cc1.S. The molecule has 2 atom stereocenters. The number of carbonyl (C=O) groups is 1. The van der Waals surface area contributed by atoms with Crippen molar-refractivity contribution in [1.29, 1.82) is 0 Å². The van der Waals surface area contributed by atoms with E-state index in [9.17, 15) is 13.2 Å². The smallest absolute Gasteiger partial charge is 0.328 e. The molecule has 0 aromatic heterocycles. The number of fused-ring (bicyclic) bond motifs is 1. The van der Waals surface area contributed by atoms with E-state index >= 15 is 0 Å². The van der Waals surface area contributed by atoms with Gasteiger partial charge in [-0.2, -0.15) is 13.5 Å². The van der Waals surface area contributed by atoms with Crippen LogP contribution < -0.4 is 0 Å². The Bertz CT molecular complexity index is 591. The van der Waals surface area contributed by atoms with Gasteiger partial charge in [-0.1, -0.05) is 17.7 Å². The van der Waals surface area contributed by atoms with Gasteiger partial charge in [-0.3, -0.25) is 4.79 Å². The third kappa shape index (κ3) is 1.52. The highest BCUT2D eigenvalue weighted by Crippen LogP contribution is 2.57. The Labute approximate surface area is 113 Å². The maximum Gasteiger partial charge on any atom is 0.328 e. The lowest BCUT2D eigenvalue weighted by atomic mass is 10.2. The molecule has 1 saturated carbocycles. The van der Waals surface area contributed by atoms with Crippen molar-refractivity contribution in [2.45, 2.75) is 23.0 Å². The Morgan fingerprint density at radius 3 is 2.33 bits per heavy atom. The molecule has 18 heavy (non-hydrogen) atoms. The van der Waals surface area contributed by atoms with Gasteiger partial charge in [-0.15, -0.1) is 0 Å². The lowest BCUT2D eigenvalue weighted by Crippen LogP contribution is -2.31. The molecular weight excluding hydrogens is 272 g/mol. The summed E-state index contributed by atoms with van der Waals surface area (Å²) in [7, 11) is -3.60. The standard InChI is InChI=1S/C12H12O4S.H2S/c1-8-2-4-10(5-3-8)17(14,15)12-6-9(12)7-16-11(12)13;/h2-5,9H,6-7H2,1H3;1H2/t9-,12+;/m0./s1. The summed E-state index contributed by atoms with van der Waals surface area (Å²) in [5, 5.41) is 0. The zero-order valence-electron chi connectivity index (χ0n) is 9.84. The van der Waals surface area contributed by atoms with Crippen molar-refractivity contribution >= 4 is 29.3 Å². The van der Waals surface area contributed by atoms with E-state index in [1.165, 1.54) is 0 Å². The highest BCUT2D eigenvalue weighted by atomic mass is 32.2. The Kier molecular flexibility index (Phi) is 2.98. The number of rotatable bonds is 2. The summed E-state index contributed by atoms with van der Waals surface area (Å²) < 4.78 is 28.4. The number of hydrogen-bond donors (Lipinski definition) is 0. The largest absolute Gasteiger partial charge is 0.464 e. The maximum absolute atomic E-state index is 12.4. The maximum atomic E-state index is 12.4. The third-order valence-corrected chi connectivity index (χ3v) is 6.14. The van der Waals surface area contributed by atoms with Crippen LogP contribution in [0.1, 0.15) is 12.0 Å². The number of ether oxygens (including phenoxy) is 1. The Morgan fingerprint density at radius 2 is 1.89 bits per heavy atom. The highest BCUT2D eigenvalue weighted by Gasteiger charge is 2.74. The van der Waals surface area contributed by atoms with E-state index in [1.54, 1.807) is 24.3 Å². The molecule has 0 unspecified atom stereocenters. The van der Waals surface area contributed by atoms with Crippen molar-refractivity contribution < 1.29 is 17.9 Å². The number of cyclic esters (lactones) is 1. The molecule has 2 fully saturated rings. The minimum atomic E-state index is -3.60. The topological polar surface area (TPSA) is 60.4 Å². The highest BCUT2D eigenvalue weighted by molar-refractivity contribution is 7.94. The molecular formula is C12H14O4S2. The van der Waals surface area contributed by atoms with E-state index in [1.807, 2.05) is 6.92 Å². The predicted molar refractivity (Wildman–Crippen MR) is 70.5 cm³/mol. The van der Waals surface area contributed by atoms with Crippen LogP contribution in [-0.4, -0.2) is 25.7 Å². The first-order valence-electron chi connectivity index (χ1n) is 5.47. The molecule has 0 spiro atoms. The Balaban J connectivity index is 0.00000120. The van der Waals surface area contributed by atoms with Crippen LogP contribution in [0.2, 0.25) is 0 Å². The summed E-state index contributed by atoms with van der Waals surface area (Å²) in [4.78, 5) is 11.8. The second-order valence-corrected chi connectivity index (χ2v) is 6.91. The fourth-order valence-electron chi connectivity index (χ4n) is 2.42. The van der Waals surface area contributed by atoms with Crippen LogP contribution in [0.3, 0.4) is 0 Å². The first kappa shape index (κ1) is 13.4. The minimum Gasteiger partial charge on any atom is -0.464 e. The second kappa shape index (κ2) is 3.99.